The molecule has 0 spiro atoms. The summed E-state index contributed by atoms with van der Waals surface area (Å²) in [6, 6.07) is 11.9. The van der Waals surface area contributed by atoms with Crippen molar-refractivity contribution in [1.82, 2.24) is 0 Å². The SMILES string of the molecule is COc1ccc2c(c1)CCCCN2C(=O)CC(=O)Nc1c(C(C)C)cccc1C(C)C. The summed E-state index contributed by atoms with van der Waals surface area (Å²) >= 11 is 0. The molecule has 5 heteroatoms. The Bertz CT molecular complexity index is 923. The first-order chi connectivity index (χ1) is 14.8. The molecular weight excluding hydrogens is 388 g/mol. The van der Waals surface area contributed by atoms with Gasteiger partial charge in [0.15, 0.2) is 0 Å². The fourth-order valence-electron chi connectivity index (χ4n) is 4.23. The topological polar surface area (TPSA) is 58.6 Å². The maximum atomic E-state index is 13.1. The van der Waals surface area contributed by atoms with Crippen molar-refractivity contribution in [3.05, 3.63) is 53.1 Å². The molecular formula is C26H34N2O3. The van der Waals surface area contributed by atoms with Crippen LogP contribution in [0.1, 0.15) is 75.5 Å². The average Bonchev–Trinajstić information content (AvgIpc) is 2.95. The molecule has 0 saturated carbocycles. The molecule has 0 radical (unpaired) electrons. The summed E-state index contributed by atoms with van der Waals surface area (Å²) in [5.74, 6) is 0.907. The molecule has 0 aromatic heterocycles. The lowest BCUT2D eigenvalue weighted by atomic mass is 9.92. The van der Waals surface area contributed by atoms with Gasteiger partial charge in [-0.2, -0.15) is 0 Å². The number of nitrogens with one attached hydrogen (secondary N) is 1. The summed E-state index contributed by atoms with van der Waals surface area (Å²) in [6.07, 6.45) is 2.66. The normalized spacial score (nSPS) is 13.7. The van der Waals surface area contributed by atoms with Crippen LogP contribution in [-0.4, -0.2) is 25.5 Å². The molecule has 5 nitrogen and oxygen atoms in total. The summed E-state index contributed by atoms with van der Waals surface area (Å²) in [5.41, 5.74) is 5.03. The van der Waals surface area contributed by atoms with Gasteiger partial charge >= 0.3 is 0 Å². The highest BCUT2D eigenvalue weighted by molar-refractivity contribution is 6.09. The second-order valence-corrected chi connectivity index (χ2v) is 8.84. The minimum Gasteiger partial charge on any atom is -0.497 e. The van der Waals surface area contributed by atoms with Crippen LogP contribution in [-0.2, 0) is 16.0 Å². The van der Waals surface area contributed by atoms with Crippen molar-refractivity contribution < 1.29 is 14.3 Å². The molecule has 2 amide bonds. The van der Waals surface area contributed by atoms with E-state index in [0.29, 0.717) is 6.54 Å². The molecule has 1 aliphatic rings. The molecule has 0 saturated heterocycles. The predicted octanol–water partition coefficient (Wildman–Crippen LogP) is 5.64. The van der Waals surface area contributed by atoms with Crippen LogP contribution in [0.2, 0.25) is 0 Å². The maximum Gasteiger partial charge on any atom is 0.236 e. The van der Waals surface area contributed by atoms with E-state index in [2.05, 4.69) is 33.0 Å². The Morgan fingerprint density at radius 2 is 1.71 bits per heavy atom. The zero-order valence-corrected chi connectivity index (χ0v) is 19.3. The zero-order valence-electron chi connectivity index (χ0n) is 19.3. The number of hydrogen-bond donors (Lipinski definition) is 1. The van der Waals surface area contributed by atoms with E-state index >= 15 is 0 Å². The highest BCUT2D eigenvalue weighted by atomic mass is 16.5. The number of aryl methyl sites for hydroxylation is 1. The number of ether oxygens (including phenoxy) is 1. The van der Waals surface area contributed by atoms with E-state index in [0.717, 1.165) is 53.1 Å². The van der Waals surface area contributed by atoms with Crippen molar-refractivity contribution in [1.29, 1.82) is 0 Å². The number of carbonyl (C=O) groups excluding carboxylic acids is 2. The fourth-order valence-corrected chi connectivity index (χ4v) is 4.23. The van der Waals surface area contributed by atoms with Gasteiger partial charge in [-0.25, -0.2) is 0 Å². The minimum atomic E-state index is -0.265. The van der Waals surface area contributed by atoms with E-state index < -0.39 is 0 Å². The Labute approximate surface area is 185 Å². The van der Waals surface area contributed by atoms with Crippen LogP contribution in [0.25, 0.3) is 0 Å². The number of amides is 2. The van der Waals surface area contributed by atoms with Crippen molar-refractivity contribution in [2.75, 3.05) is 23.9 Å². The van der Waals surface area contributed by atoms with Crippen molar-refractivity contribution >= 4 is 23.2 Å². The molecule has 1 aliphatic heterocycles. The van der Waals surface area contributed by atoms with Gasteiger partial charge < -0.3 is 15.0 Å². The molecule has 0 atom stereocenters. The Morgan fingerprint density at radius 3 is 2.32 bits per heavy atom. The van der Waals surface area contributed by atoms with Crippen molar-refractivity contribution in [3.63, 3.8) is 0 Å². The highest BCUT2D eigenvalue weighted by Gasteiger charge is 2.24. The third-order valence-corrected chi connectivity index (χ3v) is 5.91. The molecule has 1 N–H and O–H groups in total. The van der Waals surface area contributed by atoms with Crippen molar-refractivity contribution in [3.8, 4) is 5.75 Å². The van der Waals surface area contributed by atoms with E-state index in [1.54, 1.807) is 12.0 Å². The summed E-state index contributed by atoms with van der Waals surface area (Å²) in [6.45, 7) is 9.09. The summed E-state index contributed by atoms with van der Waals surface area (Å²) in [4.78, 5) is 27.8. The monoisotopic (exact) mass is 422 g/mol. The van der Waals surface area contributed by atoms with Crippen molar-refractivity contribution in [2.45, 2.75) is 65.2 Å². The third-order valence-electron chi connectivity index (χ3n) is 5.91. The largest absolute Gasteiger partial charge is 0.497 e. The van der Waals surface area contributed by atoms with Crippen LogP contribution in [0.4, 0.5) is 11.4 Å². The number of benzene rings is 2. The number of methoxy groups -OCH3 is 1. The lowest BCUT2D eigenvalue weighted by molar-refractivity contribution is -0.125. The van der Waals surface area contributed by atoms with Crippen LogP contribution in [0.5, 0.6) is 5.75 Å². The van der Waals surface area contributed by atoms with Gasteiger partial charge in [-0.1, -0.05) is 45.9 Å². The molecule has 1 heterocycles. The molecule has 0 unspecified atom stereocenters. The van der Waals surface area contributed by atoms with Crippen LogP contribution in [0, 0.1) is 0 Å². The van der Waals surface area contributed by atoms with Crippen LogP contribution >= 0.6 is 0 Å². The van der Waals surface area contributed by atoms with E-state index in [9.17, 15) is 9.59 Å². The van der Waals surface area contributed by atoms with Gasteiger partial charge in [-0.05, 0) is 66.0 Å². The van der Waals surface area contributed by atoms with Gasteiger partial charge in [0.2, 0.25) is 11.8 Å². The van der Waals surface area contributed by atoms with Gasteiger partial charge in [-0.3, -0.25) is 9.59 Å². The van der Waals surface area contributed by atoms with Crippen molar-refractivity contribution in [2.24, 2.45) is 0 Å². The lowest BCUT2D eigenvalue weighted by Crippen LogP contribution is -2.34. The summed E-state index contributed by atoms with van der Waals surface area (Å²) in [5, 5.41) is 3.06. The molecule has 2 aromatic carbocycles. The first-order valence-corrected chi connectivity index (χ1v) is 11.2. The molecule has 0 bridgehead atoms. The second-order valence-electron chi connectivity index (χ2n) is 8.84. The summed E-state index contributed by atoms with van der Waals surface area (Å²) < 4.78 is 5.34. The number of fused-ring (bicyclic) bond motifs is 1. The third kappa shape index (κ3) is 5.27. The second kappa shape index (κ2) is 9.99. The number of hydrogen-bond acceptors (Lipinski definition) is 3. The standard InChI is InChI=1S/C26H34N2O3/c1-17(2)21-10-8-11-22(18(3)4)26(21)27-24(29)16-25(30)28-14-7-6-9-19-15-20(31-5)12-13-23(19)28/h8,10-13,15,17-18H,6-7,9,14,16H2,1-5H3,(H,27,29). The van der Waals surface area contributed by atoms with E-state index in [4.69, 9.17) is 4.74 Å². The molecule has 2 aromatic rings. The molecule has 166 valence electrons. The van der Waals surface area contributed by atoms with Gasteiger partial charge in [0.25, 0.3) is 0 Å². The highest BCUT2D eigenvalue weighted by Crippen LogP contribution is 2.33. The fraction of sp³-hybridized carbons (Fsp3) is 0.462. The number of rotatable bonds is 6. The van der Waals surface area contributed by atoms with E-state index in [1.165, 1.54) is 0 Å². The van der Waals surface area contributed by atoms with Crippen LogP contribution in [0.15, 0.2) is 36.4 Å². The van der Waals surface area contributed by atoms with E-state index in [1.807, 2.05) is 36.4 Å². The first-order valence-electron chi connectivity index (χ1n) is 11.2. The zero-order chi connectivity index (χ0) is 22.5. The molecule has 0 fully saturated rings. The maximum absolute atomic E-state index is 13.1. The van der Waals surface area contributed by atoms with E-state index in [-0.39, 0.29) is 30.1 Å². The lowest BCUT2D eigenvalue weighted by Gasteiger charge is -2.24. The Balaban J connectivity index is 1.80. The average molecular weight is 423 g/mol. The van der Waals surface area contributed by atoms with Crippen LogP contribution < -0.4 is 15.0 Å². The smallest absolute Gasteiger partial charge is 0.236 e. The molecule has 0 aliphatic carbocycles. The van der Waals surface area contributed by atoms with Gasteiger partial charge in [0.1, 0.15) is 12.2 Å². The summed E-state index contributed by atoms with van der Waals surface area (Å²) in [7, 11) is 1.64. The minimum absolute atomic E-state index is 0.168. The number of para-hydroxylation sites is 1. The number of anilines is 2. The Kier molecular flexibility index (Phi) is 7.37. The molecule has 31 heavy (non-hydrogen) atoms. The quantitative estimate of drug-likeness (QED) is 0.613. The Hall–Kier alpha value is -2.82. The molecule has 3 rings (SSSR count). The predicted molar refractivity (Wildman–Crippen MR) is 126 cm³/mol. The van der Waals surface area contributed by atoms with Crippen LogP contribution in [0.3, 0.4) is 0 Å². The Morgan fingerprint density at radius 1 is 1.03 bits per heavy atom. The first kappa shape index (κ1) is 22.9. The van der Waals surface area contributed by atoms with Gasteiger partial charge in [0, 0.05) is 17.9 Å². The number of carbonyl (C=O) groups is 2. The van der Waals surface area contributed by atoms with Gasteiger partial charge in [0.05, 0.1) is 7.11 Å². The van der Waals surface area contributed by atoms with Gasteiger partial charge in [-0.15, -0.1) is 0 Å². The number of nitrogens with zero attached hydrogens (tertiary/aromatic N) is 1.